The minimum Gasteiger partial charge on any atom is -0.377 e. The highest BCUT2D eigenvalue weighted by Crippen LogP contribution is 2.18. The highest BCUT2D eigenvalue weighted by molar-refractivity contribution is 7.89. The van der Waals surface area contributed by atoms with E-state index in [1.54, 1.807) is 4.90 Å². The van der Waals surface area contributed by atoms with Crippen molar-refractivity contribution in [2.24, 2.45) is 0 Å². The minimum absolute atomic E-state index is 0.0332. The second-order valence-electron chi connectivity index (χ2n) is 5.77. The lowest BCUT2D eigenvalue weighted by atomic mass is 10.1. The number of ether oxygens (including phenoxy) is 1. The number of hydrogen-bond donors (Lipinski definition) is 0. The summed E-state index contributed by atoms with van der Waals surface area (Å²) in [6.07, 6.45) is 1.83. The molecule has 0 saturated carbocycles. The van der Waals surface area contributed by atoms with Crippen LogP contribution in [0.3, 0.4) is 0 Å². The Morgan fingerprint density at radius 1 is 1.38 bits per heavy atom. The van der Waals surface area contributed by atoms with E-state index in [0.29, 0.717) is 24.7 Å². The number of nitrogens with zero attached hydrogens (tertiary/aromatic N) is 2. The van der Waals surface area contributed by atoms with Gasteiger partial charge in [0.25, 0.3) is 0 Å². The first-order valence-corrected chi connectivity index (χ1v) is 9.77. The zero-order valence-corrected chi connectivity index (χ0v) is 15.5. The number of carbonyl (C=O) groups is 1. The van der Waals surface area contributed by atoms with Crippen molar-refractivity contribution in [3.8, 4) is 0 Å². The molecule has 1 unspecified atom stereocenters. The first kappa shape index (κ1) is 19.2. The lowest BCUT2D eigenvalue weighted by molar-refractivity contribution is -0.135. The molecular weight excluding hydrogens is 352 g/mol. The Hall–Kier alpha value is -1.15. The number of carbonyl (C=O) groups excluding carboxylic acids is 1. The summed E-state index contributed by atoms with van der Waals surface area (Å²) in [5.74, 6) is -0.209. The summed E-state index contributed by atoms with van der Waals surface area (Å²) >= 11 is 5.79. The molecule has 1 saturated heterocycles. The molecule has 134 valence electrons. The Morgan fingerprint density at radius 3 is 2.67 bits per heavy atom. The van der Waals surface area contributed by atoms with Crippen LogP contribution in [0, 0.1) is 0 Å². The molecule has 24 heavy (non-hydrogen) atoms. The van der Waals surface area contributed by atoms with Gasteiger partial charge in [-0.1, -0.05) is 11.6 Å². The van der Waals surface area contributed by atoms with Crippen LogP contribution >= 0.6 is 11.6 Å². The second-order valence-corrected chi connectivity index (χ2v) is 8.26. The average Bonchev–Trinajstić information content (AvgIpc) is 2.55. The predicted octanol–water partition coefficient (Wildman–Crippen LogP) is 1.99. The van der Waals surface area contributed by atoms with Crippen LogP contribution in [0.2, 0.25) is 5.02 Å². The Labute approximate surface area is 148 Å². The van der Waals surface area contributed by atoms with E-state index < -0.39 is 10.0 Å². The highest BCUT2D eigenvalue weighted by Gasteiger charge is 2.28. The predicted molar refractivity (Wildman–Crippen MR) is 92.5 cm³/mol. The van der Waals surface area contributed by atoms with Gasteiger partial charge in [0.2, 0.25) is 15.9 Å². The Kier molecular flexibility index (Phi) is 6.62. The molecule has 0 bridgehead atoms. The van der Waals surface area contributed by atoms with Gasteiger partial charge in [-0.2, -0.15) is 4.31 Å². The number of piperidine rings is 1. The molecule has 0 N–H and O–H groups in total. The molecule has 0 aromatic heterocycles. The number of likely N-dealkylation sites (N-methyl/N-ethyl adjacent to an activating group) is 1. The summed E-state index contributed by atoms with van der Waals surface area (Å²) in [5.41, 5.74) is 0. The molecule has 0 spiro atoms. The fourth-order valence-corrected chi connectivity index (χ4v) is 3.94. The van der Waals surface area contributed by atoms with Gasteiger partial charge >= 0.3 is 0 Å². The van der Waals surface area contributed by atoms with E-state index in [4.69, 9.17) is 16.3 Å². The zero-order valence-electron chi connectivity index (χ0n) is 13.9. The minimum atomic E-state index is -3.72. The van der Waals surface area contributed by atoms with E-state index in [1.807, 2.05) is 6.92 Å². The fraction of sp³-hybridized carbons (Fsp3) is 0.562. The van der Waals surface area contributed by atoms with Crippen molar-refractivity contribution < 1.29 is 17.9 Å². The number of amides is 1. The highest BCUT2D eigenvalue weighted by atomic mass is 35.5. The summed E-state index contributed by atoms with van der Waals surface area (Å²) in [6, 6.07) is 5.90. The van der Waals surface area contributed by atoms with Gasteiger partial charge in [-0.3, -0.25) is 4.79 Å². The molecule has 1 amide bonds. The third kappa shape index (κ3) is 4.69. The fourth-order valence-electron chi connectivity index (χ4n) is 2.70. The molecule has 0 radical (unpaired) electrons. The molecule has 8 heteroatoms. The molecule has 1 aromatic carbocycles. The number of benzene rings is 1. The maximum absolute atomic E-state index is 12.5. The van der Waals surface area contributed by atoms with Crippen LogP contribution in [0.1, 0.15) is 19.8 Å². The first-order valence-electron chi connectivity index (χ1n) is 7.96. The van der Waals surface area contributed by atoms with Gasteiger partial charge in [-0.25, -0.2) is 8.42 Å². The summed E-state index contributed by atoms with van der Waals surface area (Å²) < 4.78 is 31.7. The Balaban J connectivity index is 2.01. The molecule has 1 atom stereocenters. The van der Waals surface area contributed by atoms with Crippen molar-refractivity contribution >= 4 is 27.5 Å². The number of rotatable bonds is 6. The van der Waals surface area contributed by atoms with E-state index in [1.165, 1.54) is 31.3 Å². The smallest absolute Gasteiger partial charge is 0.243 e. The Bertz CT molecular complexity index is 661. The van der Waals surface area contributed by atoms with Gasteiger partial charge in [-0.05, 0) is 44.0 Å². The second kappa shape index (κ2) is 8.29. The molecule has 1 aliphatic heterocycles. The maximum Gasteiger partial charge on any atom is 0.243 e. The number of sulfonamides is 1. The van der Waals surface area contributed by atoms with Crippen LogP contribution in [0.5, 0.6) is 0 Å². The van der Waals surface area contributed by atoms with Crippen molar-refractivity contribution in [2.45, 2.75) is 30.8 Å². The van der Waals surface area contributed by atoms with Crippen molar-refractivity contribution in [1.82, 2.24) is 9.21 Å². The van der Waals surface area contributed by atoms with E-state index in [9.17, 15) is 13.2 Å². The van der Waals surface area contributed by atoms with Crippen LogP contribution in [-0.4, -0.2) is 62.9 Å². The van der Waals surface area contributed by atoms with Crippen LogP contribution < -0.4 is 0 Å². The van der Waals surface area contributed by atoms with Crippen LogP contribution in [0.25, 0.3) is 0 Å². The summed E-state index contributed by atoms with van der Waals surface area (Å²) in [7, 11) is -2.31. The van der Waals surface area contributed by atoms with Crippen LogP contribution in [0.4, 0.5) is 0 Å². The monoisotopic (exact) mass is 374 g/mol. The number of halogens is 1. The van der Waals surface area contributed by atoms with E-state index in [-0.39, 0.29) is 23.5 Å². The molecular formula is C16H23ClN2O4S. The molecule has 6 nitrogen and oxygen atoms in total. The van der Waals surface area contributed by atoms with Crippen molar-refractivity contribution in [2.75, 3.05) is 33.3 Å². The SMILES string of the molecule is CCOC1CCCN(C(=O)CN(C)S(=O)(=O)c2ccc(Cl)cc2)C1. The van der Waals surface area contributed by atoms with Crippen molar-refractivity contribution in [3.05, 3.63) is 29.3 Å². The normalized spacial score (nSPS) is 18.8. The Morgan fingerprint density at radius 2 is 2.04 bits per heavy atom. The topological polar surface area (TPSA) is 66.9 Å². The van der Waals surface area contributed by atoms with Crippen LogP contribution in [-0.2, 0) is 19.6 Å². The summed E-state index contributed by atoms with van der Waals surface area (Å²) in [6.45, 7) is 3.49. The number of hydrogen-bond acceptors (Lipinski definition) is 4. The molecule has 1 aliphatic rings. The quantitative estimate of drug-likeness (QED) is 0.763. The zero-order chi connectivity index (χ0) is 17.7. The van der Waals surface area contributed by atoms with Crippen molar-refractivity contribution in [3.63, 3.8) is 0 Å². The average molecular weight is 375 g/mol. The van der Waals surface area contributed by atoms with Gasteiger partial charge in [0.05, 0.1) is 17.5 Å². The van der Waals surface area contributed by atoms with Crippen LogP contribution in [0.15, 0.2) is 29.2 Å². The lowest BCUT2D eigenvalue weighted by Gasteiger charge is -2.33. The molecule has 1 heterocycles. The maximum atomic E-state index is 12.5. The van der Waals surface area contributed by atoms with E-state index in [2.05, 4.69) is 0 Å². The molecule has 0 aliphatic carbocycles. The summed E-state index contributed by atoms with van der Waals surface area (Å²) in [4.78, 5) is 14.2. The third-order valence-electron chi connectivity index (χ3n) is 4.01. The molecule has 1 aromatic rings. The van der Waals surface area contributed by atoms with Gasteiger partial charge in [0.15, 0.2) is 0 Å². The van der Waals surface area contributed by atoms with Gasteiger partial charge in [-0.15, -0.1) is 0 Å². The largest absolute Gasteiger partial charge is 0.377 e. The third-order valence-corrected chi connectivity index (χ3v) is 6.08. The van der Waals surface area contributed by atoms with E-state index in [0.717, 1.165) is 17.1 Å². The molecule has 1 fully saturated rings. The van der Waals surface area contributed by atoms with Gasteiger partial charge in [0, 0.05) is 31.8 Å². The molecule has 2 rings (SSSR count). The van der Waals surface area contributed by atoms with Crippen molar-refractivity contribution in [1.29, 1.82) is 0 Å². The lowest BCUT2D eigenvalue weighted by Crippen LogP contribution is -2.47. The standard InChI is InChI=1S/C16H23ClN2O4S/c1-3-23-14-5-4-10-19(11-14)16(20)12-18(2)24(21,22)15-8-6-13(17)7-9-15/h6-9,14H,3-5,10-12H2,1-2H3. The first-order chi connectivity index (χ1) is 11.3. The van der Waals surface area contributed by atoms with Gasteiger partial charge < -0.3 is 9.64 Å². The van der Waals surface area contributed by atoms with Gasteiger partial charge in [0.1, 0.15) is 0 Å². The van der Waals surface area contributed by atoms with E-state index >= 15 is 0 Å². The number of likely N-dealkylation sites (tertiary alicyclic amines) is 1. The summed E-state index contributed by atoms with van der Waals surface area (Å²) in [5, 5.41) is 0.461.